The fourth-order valence-electron chi connectivity index (χ4n) is 3.76. The molecule has 1 saturated carbocycles. The largest absolute Gasteiger partial charge is 0.474 e. The number of hydrogen-bond acceptors (Lipinski definition) is 4. The van der Waals surface area contributed by atoms with Gasteiger partial charge >= 0.3 is 0 Å². The lowest BCUT2D eigenvalue weighted by Crippen LogP contribution is -2.36. The van der Waals surface area contributed by atoms with Crippen LogP contribution in [0, 0.1) is 5.92 Å². The lowest BCUT2D eigenvalue weighted by Gasteiger charge is -2.26. The van der Waals surface area contributed by atoms with E-state index in [-0.39, 0.29) is 36.0 Å². The van der Waals surface area contributed by atoms with Crippen molar-refractivity contribution in [1.29, 1.82) is 0 Å². The summed E-state index contributed by atoms with van der Waals surface area (Å²) < 4.78 is 6.11. The molecule has 180 valence electrons. The van der Waals surface area contributed by atoms with Crippen LogP contribution in [0.3, 0.4) is 0 Å². The van der Waals surface area contributed by atoms with Crippen molar-refractivity contribution in [1.82, 2.24) is 20.5 Å². The summed E-state index contributed by atoms with van der Waals surface area (Å²) in [6.07, 6.45) is 6.73. The quantitative estimate of drug-likeness (QED) is 0.299. The molecule has 1 amide bonds. The normalized spacial score (nSPS) is 18.1. The summed E-state index contributed by atoms with van der Waals surface area (Å²) in [5.41, 5.74) is 2.85. The van der Waals surface area contributed by atoms with E-state index in [4.69, 9.17) is 4.74 Å². The van der Waals surface area contributed by atoms with Crippen molar-refractivity contribution in [2.75, 3.05) is 21.1 Å². The molecule has 0 aliphatic heterocycles. The van der Waals surface area contributed by atoms with E-state index in [1.54, 1.807) is 32.2 Å². The van der Waals surface area contributed by atoms with Crippen LogP contribution in [0.4, 0.5) is 0 Å². The van der Waals surface area contributed by atoms with Gasteiger partial charge in [-0.2, -0.15) is 0 Å². The number of rotatable bonds is 7. The van der Waals surface area contributed by atoms with Gasteiger partial charge in [0.15, 0.2) is 5.96 Å². The van der Waals surface area contributed by atoms with Crippen LogP contribution in [0.2, 0.25) is 0 Å². The van der Waals surface area contributed by atoms with Gasteiger partial charge in [0.05, 0.1) is 0 Å². The number of carbonyl (C=O) groups excluding carboxylic acids is 1. The number of pyridine rings is 1. The molecule has 1 aliphatic rings. The molecule has 0 unspecified atom stereocenters. The first-order valence-electron chi connectivity index (χ1n) is 11.3. The maximum Gasteiger partial charge on any atom is 0.253 e. The molecule has 1 fully saturated rings. The molecule has 1 aliphatic carbocycles. The van der Waals surface area contributed by atoms with Gasteiger partial charge in [-0.15, -0.1) is 24.0 Å². The van der Waals surface area contributed by atoms with Gasteiger partial charge in [-0.05, 0) is 60.9 Å². The number of aromatic nitrogens is 1. The van der Waals surface area contributed by atoms with Crippen LogP contribution in [0.1, 0.15) is 54.1 Å². The number of halogens is 1. The lowest BCUT2D eigenvalue weighted by atomic mass is 9.89. The van der Waals surface area contributed by atoms with Crippen LogP contribution in [-0.4, -0.2) is 49.0 Å². The SMILES string of the molecule is CN=C(NCc1ccc(C(=O)N(C)C)cc1)NCc1ccnc(OC2CCC(C)CC2)c1.I. The fourth-order valence-corrected chi connectivity index (χ4v) is 3.76. The molecule has 1 aromatic carbocycles. The maximum absolute atomic E-state index is 12.0. The Morgan fingerprint density at radius 1 is 1.06 bits per heavy atom. The van der Waals surface area contributed by atoms with Gasteiger partial charge in [0.2, 0.25) is 5.88 Å². The van der Waals surface area contributed by atoms with E-state index in [0.29, 0.717) is 30.5 Å². The summed E-state index contributed by atoms with van der Waals surface area (Å²) in [4.78, 5) is 22.3. The lowest BCUT2D eigenvalue weighted by molar-refractivity contribution is 0.0827. The fraction of sp³-hybridized carbons (Fsp3) is 0.480. The Bertz CT molecular complexity index is 909. The smallest absolute Gasteiger partial charge is 0.253 e. The van der Waals surface area contributed by atoms with E-state index >= 15 is 0 Å². The Hall–Kier alpha value is -2.36. The number of nitrogens with zero attached hydrogens (tertiary/aromatic N) is 3. The number of ether oxygens (including phenoxy) is 1. The van der Waals surface area contributed by atoms with Crippen LogP contribution < -0.4 is 15.4 Å². The zero-order valence-corrected chi connectivity index (χ0v) is 22.3. The number of amides is 1. The number of nitrogens with one attached hydrogen (secondary N) is 2. The Morgan fingerprint density at radius 2 is 1.70 bits per heavy atom. The van der Waals surface area contributed by atoms with Crippen LogP contribution in [0.25, 0.3) is 0 Å². The average Bonchev–Trinajstić information content (AvgIpc) is 2.81. The van der Waals surface area contributed by atoms with E-state index in [1.807, 2.05) is 36.4 Å². The van der Waals surface area contributed by atoms with Gasteiger partial charge in [0.1, 0.15) is 6.10 Å². The van der Waals surface area contributed by atoms with Gasteiger partial charge in [-0.3, -0.25) is 9.79 Å². The molecule has 0 atom stereocenters. The molecular weight excluding hydrogens is 529 g/mol. The van der Waals surface area contributed by atoms with Crippen molar-refractivity contribution >= 4 is 35.8 Å². The second kappa shape index (κ2) is 13.4. The molecule has 1 aromatic heterocycles. The molecule has 2 N–H and O–H groups in total. The van der Waals surface area contributed by atoms with E-state index in [0.717, 1.165) is 29.9 Å². The zero-order valence-electron chi connectivity index (χ0n) is 20.0. The van der Waals surface area contributed by atoms with Crippen molar-refractivity contribution in [2.24, 2.45) is 10.9 Å². The summed E-state index contributed by atoms with van der Waals surface area (Å²) in [6, 6.07) is 11.6. The first-order valence-corrected chi connectivity index (χ1v) is 11.3. The van der Waals surface area contributed by atoms with Crippen molar-refractivity contribution in [3.63, 3.8) is 0 Å². The molecule has 7 nitrogen and oxygen atoms in total. The van der Waals surface area contributed by atoms with E-state index in [9.17, 15) is 4.79 Å². The molecule has 3 rings (SSSR count). The first-order chi connectivity index (χ1) is 15.4. The van der Waals surface area contributed by atoms with Crippen molar-refractivity contribution in [3.8, 4) is 5.88 Å². The van der Waals surface area contributed by atoms with Gasteiger partial charge in [-0.1, -0.05) is 19.1 Å². The molecule has 0 saturated heterocycles. The molecule has 1 heterocycles. The molecule has 33 heavy (non-hydrogen) atoms. The summed E-state index contributed by atoms with van der Waals surface area (Å²) >= 11 is 0. The van der Waals surface area contributed by atoms with Crippen LogP contribution in [0.5, 0.6) is 5.88 Å². The topological polar surface area (TPSA) is 78.9 Å². The van der Waals surface area contributed by atoms with E-state index in [1.165, 1.54) is 12.8 Å². The Labute approximate surface area is 214 Å². The molecular formula is C25H36IN5O2. The van der Waals surface area contributed by atoms with E-state index < -0.39 is 0 Å². The molecule has 8 heteroatoms. The molecule has 0 radical (unpaired) electrons. The number of hydrogen-bond donors (Lipinski definition) is 2. The minimum Gasteiger partial charge on any atom is -0.474 e. The number of guanidine groups is 1. The second-order valence-electron chi connectivity index (χ2n) is 8.68. The van der Waals surface area contributed by atoms with Crippen molar-refractivity contribution < 1.29 is 9.53 Å². The monoisotopic (exact) mass is 565 g/mol. The van der Waals surface area contributed by atoms with Gasteiger partial charge < -0.3 is 20.3 Å². The Balaban J connectivity index is 0.00000385. The highest BCUT2D eigenvalue weighted by molar-refractivity contribution is 14.0. The third kappa shape index (κ3) is 8.49. The Morgan fingerprint density at radius 3 is 2.30 bits per heavy atom. The second-order valence-corrected chi connectivity index (χ2v) is 8.68. The number of benzene rings is 1. The maximum atomic E-state index is 12.0. The number of carbonyl (C=O) groups is 1. The van der Waals surface area contributed by atoms with Gasteiger partial charge in [0, 0.05) is 52.1 Å². The summed E-state index contributed by atoms with van der Waals surface area (Å²) in [5.74, 6) is 2.20. The van der Waals surface area contributed by atoms with Gasteiger partial charge in [0.25, 0.3) is 5.91 Å². The third-order valence-corrected chi connectivity index (χ3v) is 5.80. The summed E-state index contributed by atoms with van der Waals surface area (Å²) in [5, 5.41) is 6.64. The predicted molar refractivity (Wildman–Crippen MR) is 143 cm³/mol. The minimum absolute atomic E-state index is 0. The third-order valence-electron chi connectivity index (χ3n) is 5.80. The van der Waals surface area contributed by atoms with Crippen LogP contribution in [0.15, 0.2) is 47.6 Å². The van der Waals surface area contributed by atoms with E-state index in [2.05, 4.69) is 27.5 Å². The first kappa shape index (κ1) is 26.9. The van der Waals surface area contributed by atoms with Crippen LogP contribution in [-0.2, 0) is 13.1 Å². The Kier molecular flexibility index (Phi) is 10.9. The zero-order chi connectivity index (χ0) is 22.9. The highest BCUT2D eigenvalue weighted by Gasteiger charge is 2.20. The highest BCUT2D eigenvalue weighted by Crippen LogP contribution is 2.26. The molecule has 0 spiro atoms. The van der Waals surface area contributed by atoms with Crippen molar-refractivity contribution in [3.05, 3.63) is 59.3 Å². The molecule has 0 bridgehead atoms. The standard InChI is InChI=1S/C25H35N5O2.HI/c1-18-5-11-22(12-6-18)32-23-15-20(13-14-27-23)17-29-25(26-2)28-16-19-7-9-21(10-8-19)24(31)30(3)4;/h7-10,13-15,18,22H,5-6,11-12,16-17H2,1-4H3,(H2,26,28,29);1H. The number of aliphatic imine (C=N–C) groups is 1. The summed E-state index contributed by atoms with van der Waals surface area (Å²) in [7, 11) is 5.25. The average molecular weight is 566 g/mol. The van der Waals surface area contributed by atoms with Gasteiger partial charge in [-0.25, -0.2) is 4.98 Å². The van der Waals surface area contributed by atoms with Crippen molar-refractivity contribution in [2.45, 2.75) is 51.8 Å². The highest BCUT2D eigenvalue weighted by atomic mass is 127. The summed E-state index contributed by atoms with van der Waals surface area (Å²) in [6.45, 7) is 3.54. The van der Waals surface area contributed by atoms with Crippen LogP contribution >= 0.6 is 24.0 Å². The minimum atomic E-state index is 0. The molecule has 2 aromatic rings. The predicted octanol–water partition coefficient (Wildman–Crippen LogP) is 4.22.